The lowest BCUT2D eigenvalue weighted by Crippen LogP contribution is -2.02. The van der Waals surface area contributed by atoms with Crippen LogP contribution in [0.1, 0.15) is 16.7 Å². The van der Waals surface area contributed by atoms with Crippen molar-refractivity contribution in [3.05, 3.63) is 21.7 Å². The summed E-state index contributed by atoms with van der Waals surface area (Å²) in [5.74, 6) is 0. The summed E-state index contributed by atoms with van der Waals surface area (Å²) in [5, 5.41) is 0.624. The van der Waals surface area contributed by atoms with Gasteiger partial charge in [0, 0.05) is 5.69 Å². The normalized spacial score (nSPS) is 10.3. The Kier molecular flexibility index (Phi) is 2.20. The van der Waals surface area contributed by atoms with Crippen molar-refractivity contribution in [3.8, 4) is 0 Å². The number of rotatable bonds is 0. The summed E-state index contributed by atoms with van der Waals surface area (Å²) in [6.07, 6.45) is 0. The third kappa shape index (κ3) is 1.12. The molecule has 3 heteroatoms. The average Bonchev–Trinajstić information content (AvgIpc) is 2.08. The van der Waals surface area contributed by atoms with E-state index in [0.29, 0.717) is 10.7 Å². The average molecular weight is 185 g/mol. The van der Waals surface area contributed by atoms with E-state index in [9.17, 15) is 0 Å². The first-order valence-electron chi connectivity index (χ1n) is 3.77. The molecule has 0 spiro atoms. The van der Waals surface area contributed by atoms with Gasteiger partial charge in [-0.25, -0.2) is 0 Å². The molecule has 0 radical (unpaired) electrons. The van der Waals surface area contributed by atoms with Gasteiger partial charge in [-0.2, -0.15) is 0 Å². The molecule has 0 aromatic heterocycles. The summed E-state index contributed by atoms with van der Waals surface area (Å²) in [6, 6.07) is 0. The van der Waals surface area contributed by atoms with Gasteiger partial charge in [0.25, 0.3) is 0 Å². The number of benzene rings is 1. The second-order valence-corrected chi connectivity index (χ2v) is 3.39. The minimum Gasteiger partial charge on any atom is -0.398 e. The van der Waals surface area contributed by atoms with Crippen LogP contribution < -0.4 is 11.5 Å². The first-order valence-corrected chi connectivity index (χ1v) is 4.14. The molecule has 0 heterocycles. The van der Waals surface area contributed by atoms with E-state index < -0.39 is 0 Å². The maximum Gasteiger partial charge on any atom is 0.0671 e. The van der Waals surface area contributed by atoms with Crippen molar-refractivity contribution in [1.29, 1.82) is 0 Å². The molecule has 4 N–H and O–H groups in total. The van der Waals surface area contributed by atoms with Gasteiger partial charge in [-0.15, -0.1) is 0 Å². The fourth-order valence-corrected chi connectivity index (χ4v) is 1.44. The Bertz CT molecular complexity index is 227. The van der Waals surface area contributed by atoms with Crippen LogP contribution in [0.25, 0.3) is 0 Å². The minimum absolute atomic E-state index is 0.595. The van der Waals surface area contributed by atoms with Gasteiger partial charge < -0.3 is 11.5 Å². The van der Waals surface area contributed by atoms with E-state index in [-0.39, 0.29) is 0 Å². The highest BCUT2D eigenvalue weighted by Crippen LogP contribution is 2.33. The Hall–Kier alpha value is -0.890. The molecule has 1 aromatic carbocycles. The predicted molar refractivity (Wildman–Crippen MR) is 54.5 cm³/mol. The Balaban J connectivity index is 3.60. The zero-order valence-electron chi connectivity index (χ0n) is 7.53. The predicted octanol–water partition coefficient (Wildman–Crippen LogP) is 2.43. The third-order valence-corrected chi connectivity index (χ3v) is 2.83. The van der Waals surface area contributed by atoms with Gasteiger partial charge >= 0.3 is 0 Å². The highest BCUT2D eigenvalue weighted by Gasteiger charge is 2.10. The van der Waals surface area contributed by atoms with Crippen LogP contribution in [-0.2, 0) is 0 Å². The molecule has 0 saturated heterocycles. The summed E-state index contributed by atoms with van der Waals surface area (Å²) in [6.45, 7) is 5.75. The Labute approximate surface area is 77.5 Å². The Morgan fingerprint density at radius 2 is 1.33 bits per heavy atom. The summed E-state index contributed by atoms with van der Waals surface area (Å²) in [7, 11) is 0. The fraction of sp³-hybridized carbons (Fsp3) is 0.333. The van der Waals surface area contributed by atoms with Gasteiger partial charge in [0.15, 0.2) is 0 Å². The molecule has 0 bridgehead atoms. The Morgan fingerprint density at radius 1 is 0.833 bits per heavy atom. The summed E-state index contributed by atoms with van der Waals surface area (Å²) < 4.78 is 0. The lowest BCUT2D eigenvalue weighted by Gasteiger charge is -2.13. The standard InChI is InChI=1S/C9H13ClN2/c1-4-5(2)8(11)6(3)9(12)7(4)10/h11-12H2,1-3H3. The molecule has 0 amide bonds. The van der Waals surface area contributed by atoms with Crippen LogP contribution in [0, 0.1) is 20.8 Å². The van der Waals surface area contributed by atoms with Crippen LogP contribution in [0.5, 0.6) is 0 Å². The molecule has 0 aliphatic carbocycles. The van der Waals surface area contributed by atoms with E-state index >= 15 is 0 Å². The van der Waals surface area contributed by atoms with E-state index in [4.69, 9.17) is 23.1 Å². The highest BCUT2D eigenvalue weighted by molar-refractivity contribution is 6.34. The van der Waals surface area contributed by atoms with Crippen molar-refractivity contribution in [3.63, 3.8) is 0 Å². The van der Waals surface area contributed by atoms with E-state index in [2.05, 4.69) is 0 Å². The molecule has 12 heavy (non-hydrogen) atoms. The second kappa shape index (κ2) is 2.87. The van der Waals surface area contributed by atoms with Gasteiger partial charge in [0.1, 0.15) is 0 Å². The van der Waals surface area contributed by atoms with Crippen LogP contribution in [0.4, 0.5) is 11.4 Å². The Morgan fingerprint density at radius 3 is 1.83 bits per heavy atom. The van der Waals surface area contributed by atoms with Gasteiger partial charge in [-0.05, 0) is 37.5 Å². The molecule has 0 saturated carbocycles. The van der Waals surface area contributed by atoms with Crippen LogP contribution in [0.2, 0.25) is 5.02 Å². The van der Waals surface area contributed by atoms with Crippen LogP contribution in [-0.4, -0.2) is 0 Å². The zero-order chi connectivity index (χ0) is 9.46. The number of hydrogen-bond acceptors (Lipinski definition) is 2. The van der Waals surface area contributed by atoms with E-state index in [0.717, 1.165) is 22.4 Å². The molecule has 0 atom stereocenters. The maximum absolute atomic E-state index is 5.98. The van der Waals surface area contributed by atoms with E-state index in [1.54, 1.807) is 0 Å². The largest absolute Gasteiger partial charge is 0.398 e. The van der Waals surface area contributed by atoms with E-state index in [1.165, 1.54) is 0 Å². The van der Waals surface area contributed by atoms with Crippen molar-refractivity contribution < 1.29 is 0 Å². The van der Waals surface area contributed by atoms with Crippen molar-refractivity contribution in [1.82, 2.24) is 0 Å². The zero-order valence-corrected chi connectivity index (χ0v) is 8.29. The highest BCUT2D eigenvalue weighted by atomic mass is 35.5. The molecule has 1 rings (SSSR count). The van der Waals surface area contributed by atoms with Gasteiger partial charge in [0.2, 0.25) is 0 Å². The quantitative estimate of drug-likeness (QED) is 0.609. The monoisotopic (exact) mass is 184 g/mol. The second-order valence-electron chi connectivity index (χ2n) is 3.02. The number of nitrogen functional groups attached to an aromatic ring is 2. The number of hydrogen-bond donors (Lipinski definition) is 2. The number of halogens is 1. The molecule has 0 aliphatic rings. The molecule has 0 unspecified atom stereocenters. The lowest BCUT2D eigenvalue weighted by atomic mass is 10.0. The topological polar surface area (TPSA) is 52.0 Å². The van der Waals surface area contributed by atoms with Gasteiger partial charge in [-0.1, -0.05) is 11.6 Å². The first-order chi connectivity index (χ1) is 5.46. The molecular weight excluding hydrogens is 172 g/mol. The van der Waals surface area contributed by atoms with Crippen molar-refractivity contribution in [2.24, 2.45) is 0 Å². The SMILES string of the molecule is Cc1c(C)c(Cl)c(N)c(C)c1N. The van der Waals surface area contributed by atoms with Crippen LogP contribution >= 0.6 is 11.6 Å². The van der Waals surface area contributed by atoms with Crippen LogP contribution in [0.15, 0.2) is 0 Å². The first kappa shape index (κ1) is 9.20. The summed E-state index contributed by atoms with van der Waals surface area (Å²) >= 11 is 5.98. The lowest BCUT2D eigenvalue weighted by molar-refractivity contribution is 1.31. The molecular formula is C9H13ClN2. The number of anilines is 2. The van der Waals surface area contributed by atoms with Crippen molar-refractivity contribution >= 4 is 23.0 Å². The van der Waals surface area contributed by atoms with Gasteiger partial charge in [-0.3, -0.25) is 0 Å². The molecule has 1 aromatic rings. The fourth-order valence-electron chi connectivity index (χ4n) is 1.16. The van der Waals surface area contributed by atoms with Crippen LogP contribution in [0.3, 0.4) is 0 Å². The molecule has 0 aliphatic heterocycles. The third-order valence-electron chi connectivity index (χ3n) is 2.34. The van der Waals surface area contributed by atoms with Crippen molar-refractivity contribution in [2.45, 2.75) is 20.8 Å². The van der Waals surface area contributed by atoms with E-state index in [1.807, 2.05) is 20.8 Å². The van der Waals surface area contributed by atoms with Crippen molar-refractivity contribution in [2.75, 3.05) is 11.5 Å². The summed E-state index contributed by atoms with van der Waals surface area (Å²) in [5.41, 5.74) is 15.8. The van der Waals surface area contributed by atoms with Gasteiger partial charge in [0.05, 0.1) is 10.7 Å². The maximum atomic E-state index is 5.98. The number of nitrogens with two attached hydrogens (primary N) is 2. The molecule has 2 nitrogen and oxygen atoms in total. The smallest absolute Gasteiger partial charge is 0.0671 e. The minimum atomic E-state index is 0.595. The molecule has 0 fully saturated rings. The molecule has 66 valence electrons. The summed E-state index contributed by atoms with van der Waals surface area (Å²) in [4.78, 5) is 0.